The highest BCUT2D eigenvalue weighted by Crippen LogP contribution is 2.33. The van der Waals surface area contributed by atoms with Crippen LogP contribution in [0, 0.1) is 5.82 Å². The molecule has 3 rings (SSSR count). The Morgan fingerprint density at radius 1 is 1.10 bits per heavy atom. The van der Waals surface area contributed by atoms with E-state index < -0.39 is 5.60 Å². The van der Waals surface area contributed by atoms with Crippen LogP contribution in [0.15, 0.2) is 48.5 Å². The summed E-state index contributed by atoms with van der Waals surface area (Å²) in [6.45, 7) is 1.70. The van der Waals surface area contributed by atoms with Crippen molar-refractivity contribution in [1.82, 2.24) is 0 Å². The predicted molar refractivity (Wildman–Crippen MR) is 75.2 cm³/mol. The van der Waals surface area contributed by atoms with Crippen molar-refractivity contribution < 1.29 is 14.2 Å². The second kappa shape index (κ2) is 4.91. The molecular weight excluding hydrogens is 255 g/mol. The molecule has 2 nitrogen and oxygen atoms in total. The molecule has 1 unspecified atom stereocenters. The first kappa shape index (κ1) is 13.1. The first-order valence-corrected chi connectivity index (χ1v) is 6.81. The Morgan fingerprint density at radius 3 is 2.45 bits per heavy atom. The van der Waals surface area contributed by atoms with E-state index in [0.717, 1.165) is 24.2 Å². The number of aliphatic hydroxyl groups is 1. The fourth-order valence-electron chi connectivity index (χ4n) is 2.19. The van der Waals surface area contributed by atoms with E-state index in [1.165, 1.54) is 12.1 Å². The summed E-state index contributed by atoms with van der Waals surface area (Å²) < 4.78 is 18.7. The predicted octanol–water partition coefficient (Wildman–Crippen LogP) is 3.62. The number of halogens is 1. The van der Waals surface area contributed by atoms with Gasteiger partial charge in [0.2, 0.25) is 0 Å². The molecule has 0 aliphatic heterocycles. The molecule has 1 saturated carbocycles. The van der Waals surface area contributed by atoms with Crippen LogP contribution in [0.3, 0.4) is 0 Å². The third kappa shape index (κ3) is 2.68. The fourth-order valence-corrected chi connectivity index (χ4v) is 2.19. The Morgan fingerprint density at radius 2 is 1.80 bits per heavy atom. The maximum Gasteiger partial charge on any atom is 0.123 e. The summed E-state index contributed by atoms with van der Waals surface area (Å²) in [7, 11) is 0. The van der Waals surface area contributed by atoms with Gasteiger partial charge in [-0.1, -0.05) is 24.3 Å². The van der Waals surface area contributed by atoms with Crippen molar-refractivity contribution >= 4 is 0 Å². The second-order valence-corrected chi connectivity index (χ2v) is 5.42. The van der Waals surface area contributed by atoms with Crippen molar-refractivity contribution in [2.75, 3.05) is 0 Å². The third-order valence-electron chi connectivity index (χ3n) is 3.63. The van der Waals surface area contributed by atoms with Gasteiger partial charge < -0.3 is 9.84 Å². The van der Waals surface area contributed by atoms with E-state index in [0.29, 0.717) is 11.7 Å². The van der Waals surface area contributed by atoms with Gasteiger partial charge in [0.15, 0.2) is 0 Å². The first-order chi connectivity index (χ1) is 9.55. The zero-order chi connectivity index (χ0) is 14.2. The van der Waals surface area contributed by atoms with Gasteiger partial charge in [0.25, 0.3) is 0 Å². The lowest BCUT2D eigenvalue weighted by Crippen LogP contribution is -2.22. The molecule has 1 aliphatic carbocycles. The highest BCUT2D eigenvalue weighted by Gasteiger charge is 2.27. The van der Waals surface area contributed by atoms with Gasteiger partial charge in [-0.05, 0) is 55.2 Å². The van der Waals surface area contributed by atoms with Crippen LogP contribution in [0.25, 0.3) is 0 Å². The first-order valence-electron chi connectivity index (χ1n) is 6.81. The van der Waals surface area contributed by atoms with E-state index in [4.69, 9.17) is 4.74 Å². The highest BCUT2D eigenvalue weighted by molar-refractivity contribution is 5.39. The quantitative estimate of drug-likeness (QED) is 0.921. The number of rotatable bonds is 4. The molecule has 0 heterocycles. The molecular formula is C17H17FO2. The summed E-state index contributed by atoms with van der Waals surface area (Å²) in [5.74, 6) is 0.461. The lowest BCUT2D eigenvalue weighted by atomic mass is 9.88. The van der Waals surface area contributed by atoms with E-state index in [1.807, 2.05) is 24.3 Å². The van der Waals surface area contributed by atoms with Gasteiger partial charge in [-0.2, -0.15) is 0 Å². The van der Waals surface area contributed by atoms with E-state index in [1.54, 1.807) is 19.1 Å². The normalized spacial score (nSPS) is 17.6. The summed E-state index contributed by atoms with van der Waals surface area (Å²) in [4.78, 5) is 0. The van der Waals surface area contributed by atoms with Crippen LogP contribution in [0.2, 0.25) is 0 Å². The molecule has 0 amide bonds. The van der Waals surface area contributed by atoms with Crippen LogP contribution in [-0.2, 0) is 5.60 Å². The van der Waals surface area contributed by atoms with E-state index in [9.17, 15) is 9.50 Å². The Bertz CT molecular complexity index is 601. The minimum Gasteiger partial charge on any atom is -0.490 e. The molecule has 0 aromatic heterocycles. The maximum atomic E-state index is 13.0. The molecule has 1 atom stereocenters. The monoisotopic (exact) mass is 272 g/mol. The van der Waals surface area contributed by atoms with E-state index >= 15 is 0 Å². The van der Waals surface area contributed by atoms with Crippen molar-refractivity contribution in [1.29, 1.82) is 0 Å². The molecule has 2 aromatic carbocycles. The number of hydrogen-bond acceptors (Lipinski definition) is 2. The standard InChI is InChI=1S/C17H17FO2/c1-17(19,12-5-7-14(18)8-6-12)13-3-2-4-16(11-13)20-15-9-10-15/h2-8,11,15,19H,9-10H2,1H3. The van der Waals surface area contributed by atoms with Gasteiger partial charge in [-0.25, -0.2) is 4.39 Å². The second-order valence-electron chi connectivity index (χ2n) is 5.42. The Labute approximate surface area is 117 Å². The SMILES string of the molecule is CC(O)(c1ccc(F)cc1)c1cccc(OC2CC2)c1. The summed E-state index contributed by atoms with van der Waals surface area (Å²) in [5, 5.41) is 10.7. The highest BCUT2D eigenvalue weighted by atomic mass is 19.1. The Hall–Kier alpha value is -1.87. The van der Waals surface area contributed by atoms with Gasteiger partial charge in [0.05, 0.1) is 6.10 Å². The van der Waals surface area contributed by atoms with Crippen LogP contribution in [-0.4, -0.2) is 11.2 Å². The van der Waals surface area contributed by atoms with Gasteiger partial charge >= 0.3 is 0 Å². The molecule has 1 fully saturated rings. The molecule has 1 N–H and O–H groups in total. The van der Waals surface area contributed by atoms with Crippen LogP contribution in [0.4, 0.5) is 4.39 Å². The van der Waals surface area contributed by atoms with Gasteiger partial charge in [0, 0.05) is 0 Å². The molecule has 104 valence electrons. The number of hydrogen-bond donors (Lipinski definition) is 1. The Balaban J connectivity index is 1.90. The van der Waals surface area contributed by atoms with Gasteiger partial charge in [0.1, 0.15) is 17.2 Å². The summed E-state index contributed by atoms with van der Waals surface area (Å²) in [6, 6.07) is 13.4. The Kier molecular flexibility index (Phi) is 3.22. The molecule has 3 heteroatoms. The van der Waals surface area contributed by atoms with Crippen molar-refractivity contribution in [2.24, 2.45) is 0 Å². The van der Waals surface area contributed by atoms with Crippen molar-refractivity contribution in [2.45, 2.75) is 31.5 Å². The fraction of sp³-hybridized carbons (Fsp3) is 0.294. The molecule has 2 aromatic rings. The minimum atomic E-state index is -1.17. The zero-order valence-electron chi connectivity index (χ0n) is 11.3. The molecule has 0 spiro atoms. The minimum absolute atomic E-state index is 0.310. The smallest absolute Gasteiger partial charge is 0.123 e. The van der Waals surface area contributed by atoms with Crippen molar-refractivity contribution in [3.63, 3.8) is 0 Å². The van der Waals surface area contributed by atoms with Crippen molar-refractivity contribution in [3.05, 3.63) is 65.5 Å². The summed E-state index contributed by atoms with van der Waals surface area (Å²) in [6.07, 6.45) is 2.51. The van der Waals surface area contributed by atoms with Crippen LogP contribution < -0.4 is 4.74 Å². The van der Waals surface area contributed by atoms with Gasteiger partial charge in [-0.15, -0.1) is 0 Å². The summed E-state index contributed by atoms with van der Waals surface area (Å²) >= 11 is 0. The molecule has 1 aliphatic rings. The topological polar surface area (TPSA) is 29.5 Å². The van der Waals surface area contributed by atoms with E-state index in [2.05, 4.69) is 0 Å². The van der Waals surface area contributed by atoms with Crippen LogP contribution >= 0.6 is 0 Å². The molecule has 0 radical (unpaired) electrons. The largest absolute Gasteiger partial charge is 0.490 e. The van der Waals surface area contributed by atoms with Gasteiger partial charge in [-0.3, -0.25) is 0 Å². The number of benzene rings is 2. The zero-order valence-corrected chi connectivity index (χ0v) is 11.3. The average Bonchev–Trinajstić information content (AvgIpc) is 3.23. The molecule has 20 heavy (non-hydrogen) atoms. The molecule has 0 bridgehead atoms. The maximum absolute atomic E-state index is 13.0. The average molecular weight is 272 g/mol. The third-order valence-corrected chi connectivity index (χ3v) is 3.63. The lowest BCUT2D eigenvalue weighted by Gasteiger charge is -2.25. The van der Waals surface area contributed by atoms with Crippen LogP contribution in [0.1, 0.15) is 30.9 Å². The van der Waals surface area contributed by atoms with Crippen LogP contribution in [0.5, 0.6) is 5.75 Å². The van der Waals surface area contributed by atoms with Crippen molar-refractivity contribution in [3.8, 4) is 5.75 Å². The molecule has 0 saturated heterocycles. The van der Waals surface area contributed by atoms with E-state index in [-0.39, 0.29) is 5.82 Å². The summed E-state index contributed by atoms with van der Waals surface area (Å²) in [5.41, 5.74) is 0.223. The number of ether oxygens (including phenoxy) is 1. The lowest BCUT2D eigenvalue weighted by molar-refractivity contribution is 0.102.